The second-order valence-electron chi connectivity index (χ2n) is 3.40. The highest BCUT2D eigenvalue weighted by molar-refractivity contribution is 4.72. The molecule has 1 unspecified atom stereocenters. The Hall–Kier alpha value is -0.160. The first-order chi connectivity index (χ1) is 6.34. The first-order valence-electron chi connectivity index (χ1n) is 4.90. The van der Waals surface area contributed by atoms with Gasteiger partial charge < -0.3 is 15.2 Å². The third-order valence-corrected chi connectivity index (χ3v) is 2.38. The molecule has 1 rings (SSSR count). The van der Waals surface area contributed by atoms with Gasteiger partial charge in [0.05, 0.1) is 19.8 Å². The zero-order valence-corrected chi connectivity index (χ0v) is 8.37. The van der Waals surface area contributed by atoms with Gasteiger partial charge in [-0.2, -0.15) is 0 Å². The Kier molecular flexibility index (Phi) is 5.31. The summed E-state index contributed by atoms with van der Waals surface area (Å²) in [6.45, 7) is 4.77. The summed E-state index contributed by atoms with van der Waals surface area (Å²) in [6, 6.07) is 0.585. The Balaban J connectivity index is 1.99. The maximum Gasteiger partial charge on any atom is 0.0622 e. The fraction of sp³-hybridized carbons (Fsp3) is 1.00. The lowest BCUT2D eigenvalue weighted by molar-refractivity contribution is 0.0967. The molecule has 1 aliphatic rings. The molecule has 0 radical (unpaired) electrons. The molecule has 1 aliphatic heterocycles. The summed E-state index contributed by atoms with van der Waals surface area (Å²) in [5.74, 6) is 0. The quantitative estimate of drug-likeness (QED) is 0.580. The van der Waals surface area contributed by atoms with Crippen molar-refractivity contribution in [3.63, 3.8) is 0 Å². The third-order valence-electron chi connectivity index (χ3n) is 2.38. The van der Waals surface area contributed by atoms with Crippen molar-refractivity contribution in [3.05, 3.63) is 0 Å². The van der Waals surface area contributed by atoms with Crippen LogP contribution in [0.3, 0.4) is 0 Å². The lowest BCUT2D eigenvalue weighted by Crippen LogP contribution is -2.34. The monoisotopic (exact) mass is 188 g/mol. The van der Waals surface area contributed by atoms with Gasteiger partial charge in [-0.05, 0) is 13.5 Å². The van der Waals surface area contributed by atoms with Crippen LogP contribution in [0.1, 0.15) is 6.42 Å². The van der Waals surface area contributed by atoms with Crippen molar-refractivity contribution in [2.45, 2.75) is 12.5 Å². The number of likely N-dealkylation sites (N-methyl/N-ethyl adjacent to an activating group) is 1. The van der Waals surface area contributed by atoms with Crippen LogP contribution in [0, 0.1) is 0 Å². The van der Waals surface area contributed by atoms with E-state index in [1.165, 1.54) is 0 Å². The highest BCUT2D eigenvalue weighted by Crippen LogP contribution is 2.09. The van der Waals surface area contributed by atoms with Gasteiger partial charge in [0.1, 0.15) is 0 Å². The van der Waals surface area contributed by atoms with Crippen LogP contribution in [0.4, 0.5) is 0 Å². The van der Waals surface area contributed by atoms with Crippen molar-refractivity contribution in [2.75, 3.05) is 46.6 Å². The molecule has 0 aromatic carbocycles. The van der Waals surface area contributed by atoms with E-state index < -0.39 is 0 Å². The molecule has 0 saturated carbocycles. The Labute approximate surface area is 80.0 Å². The summed E-state index contributed by atoms with van der Waals surface area (Å²) in [5, 5.41) is 0. The zero-order chi connectivity index (χ0) is 9.52. The summed E-state index contributed by atoms with van der Waals surface area (Å²) in [5.41, 5.74) is 5.31. The Morgan fingerprint density at radius 1 is 1.54 bits per heavy atom. The molecule has 4 heteroatoms. The van der Waals surface area contributed by atoms with E-state index in [1.807, 2.05) is 0 Å². The van der Waals surface area contributed by atoms with Crippen molar-refractivity contribution in [2.24, 2.45) is 5.73 Å². The summed E-state index contributed by atoms with van der Waals surface area (Å²) in [4.78, 5) is 2.30. The van der Waals surface area contributed by atoms with Gasteiger partial charge in [-0.15, -0.1) is 0 Å². The summed E-state index contributed by atoms with van der Waals surface area (Å²) >= 11 is 0. The molecule has 0 aliphatic carbocycles. The maximum atomic E-state index is 5.31. The molecular weight excluding hydrogens is 168 g/mol. The molecule has 2 N–H and O–H groups in total. The second kappa shape index (κ2) is 6.32. The maximum absolute atomic E-state index is 5.31. The smallest absolute Gasteiger partial charge is 0.0622 e. The Morgan fingerprint density at radius 2 is 2.38 bits per heavy atom. The van der Waals surface area contributed by atoms with Gasteiger partial charge >= 0.3 is 0 Å². The van der Waals surface area contributed by atoms with E-state index in [0.29, 0.717) is 19.2 Å². The van der Waals surface area contributed by atoms with Crippen LogP contribution < -0.4 is 5.73 Å². The lowest BCUT2D eigenvalue weighted by Gasteiger charge is -2.22. The predicted octanol–water partition coefficient (Wildman–Crippen LogP) is -0.318. The van der Waals surface area contributed by atoms with Crippen molar-refractivity contribution in [3.8, 4) is 0 Å². The summed E-state index contributed by atoms with van der Waals surface area (Å²) in [6.07, 6.45) is 1.15. The summed E-state index contributed by atoms with van der Waals surface area (Å²) < 4.78 is 10.6. The molecule has 0 spiro atoms. The molecule has 1 atom stereocenters. The van der Waals surface area contributed by atoms with Crippen LogP contribution in [-0.4, -0.2) is 57.5 Å². The molecule has 0 aromatic heterocycles. The molecule has 4 nitrogen and oxygen atoms in total. The third kappa shape index (κ3) is 4.04. The van der Waals surface area contributed by atoms with Crippen molar-refractivity contribution in [1.29, 1.82) is 0 Å². The van der Waals surface area contributed by atoms with Gasteiger partial charge in [-0.3, -0.25) is 4.90 Å². The van der Waals surface area contributed by atoms with Crippen molar-refractivity contribution < 1.29 is 9.47 Å². The average Bonchev–Trinajstić information content (AvgIpc) is 2.65. The molecule has 78 valence electrons. The molecule has 1 fully saturated rings. The number of rotatable bonds is 6. The minimum Gasteiger partial charge on any atom is -0.380 e. The molecule has 0 amide bonds. The number of ether oxygens (including phenoxy) is 2. The Bertz CT molecular complexity index is 127. The topological polar surface area (TPSA) is 47.7 Å². The molecule has 0 aromatic rings. The minimum atomic E-state index is 0.585. The van der Waals surface area contributed by atoms with Crippen molar-refractivity contribution in [1.82, 2.24) is 4.90 Å². The minimum absolute atomic E-state index is 0.585. The SMILES string of the molecule is CN(CCOCCN)C1CCOC1. The predicted molar refractivity (Wildman–Crippen MR) is 51.7 cm³/mol. The van der Waals surface area contributed by atoms with Crippen LogP contribution in [0.2, 0.25) is 0 Å². The van der Waals surface area contributed by atoms with E-state index in [0.717, 1.165) is 32.8 Å². The fourth-order valence-electron chi connectivity index (χ4n) is 1.45. The van der Waals surface area contributed by atoms with Crippen LogP contribution >= 0.6 is 0 Å². The van der Waals surface area contributed by atoms with Crippen LogP contribution in [0.5, 0.6) is 0 Å². The molecule has 1 heterocycles. The molecule has 1 saturated heterocycles. The first kappa shape index (κ1) is 10.9. The molecule has 0 bridgehead atoms. The van der Waals surface area contributed by atoms with Crippen molar-refractivity contribution >= 4 is 0 Å². The number of hydrogen-bond acceptors (Lipinski definition) is 4. The van der Waals surface area contributed by atoms with E-state index >= 15 is 0 Å². The normalized spacial score (nSPS) is 22.8. The second-order valence-corrected chi connectivity index (χ2v) is 3.40. The standard InChI is InChI=1S/C9H20N2O2/c1-11(4-7-12-6-3-10)9-2-5-13-8-9/h9H,2-8,10H2,1H3. The molecule has 13 heavy (non-hydrogen) atoms. The average molecular weight is 188 g/mol. The highest BCUT2D eigenvalue weighted by atomic mass is 16.5. The van der Waals surface area contributed by atoms with E-state index in [4.69, 9.17) is 15.2 Å². The van der Waals surface area contributed by atoms with Gasteiger partial charge in [0.2, 0.25) is 0 Å². The van der Waals surface area contributed by atoms with Gasteiger partial charge in [0.25, 0.3) is 0 Å². The van der Waals surface area contributed by atoms with E-state index in [2.05, 4.69) is 11.9 Å². The number of nitrogens with zero attached hydrogens (tertiary/aromatic N) is 1. The Morgan fingerprint density at radius 3 is 3.00 bits per heavy atom. The van der Waals surface area contributed by atoms with E-state index in [-0.39, 0.29) is 0 Å². The van der Waals surface area contributed by atoms with E-state index in [9.17, 15) is 0 Å². The van der Waals surface area contributed by atoms with Crippen LogP contribution in [0.25, 0.3) is 0 Å². The van der Waals surface area contributed by atoms with Gasteiger partial charge in [0, 0.05) is 25.7 Å². The van der Waals surface area contributed by atoms with Gasteiger partial charge in [0.15, 0.2) is 0 Å². The highest BCUT2D eigenvalue weighted by Gasteiger charge is 2.19. The van der Waals surface area contributed by atoms with Crippen LogP contribution in [-0.2, 0) is 9.47 Å². The largest absolute Gasteiger partial charge is 0.380 e. The zero-order valence-electron chi connectivity index (χ0n) is 8.37. The number of hydrogen-bond donors (Lipinski definition) is 1. The van der Waals surface area contributed by atoms with Gasteiger partial charge in [-0.1, -0.05) is 0 Å². The van der Waals surface area contributed by atoms with Gasteiger partial charge in [-0.25, -0.2) is 0 Å². The summed E-state index contributed by atoms with van der Waals surface area (Å²) in [7, 11) is 2.12. The van der Waals surface area contributed by atoms with Crippen LogP contribution in [0.15, 0.2) is 0 Å². The van der Waals surface area contributed by atoms with E-state index in [1.54, 1.807) is 0 Å². The number of nitrogens with two attached hydrogens (primary N) is 1. The lowest BCUT2D eigenvalue weighted by atomic mass is 10.2. The first-order valence-corrected chi connectivity index (χ1v) is 4.90. The fourth-order valence-corrected chi connectivity index (χ4v) is 1.45. The molecular formula is C9H20N2O2.